The van der Waals surface area contributed by atoms with Gasteiger partial charge in [0, 0.05) is 19.5 Å². The number of rotatable bonds is 0. The van der Waals surface area contributed by atoms with Crippen LogP contribution in [0, 0.1) is 17.8 Å². The molecule has 1 aliphatic heterocycles. The summed E-state index contributed by atoms with van der Waals surface area (Å²) < 4.78 is 5.27. The van der Waals surface area contributed by atoms with E-state index in [9.17, 15) is 9.59 Å². The van der Waals surface area contributed by atoms with Crippen LogP contribution in [-0.4, -0.2) is 35.5 Å². The van der Waals surface area contributed by atoms with Crippen molar-refractivity contribution in [1.29, 1.82) is 0 Å². The minimum atomic E-state index is -0.509. The van der Waals surface area contributed by atoms with Crippen molar-refractivity contribution in [2.75, 3.05) is 13.1 Å². The topological polar surface area (TPSA) is 46.6 Å². The SMILES string of the molecule is CC#CC1CN(C(=O)OC(C)(C)C)CCC1=O. The van der Waals surface area contributed by atoms with Crippen LogP contribution in [0.1, 0.15) is 34.1 Å². The van der Waals surface area contributed by atoms with E-state index < -0.39 is 5.60 Å². The molecule has 0 aromatic carbocycles. The molecule has 94 valence electrons. The van der Waals surface area contributed by atoms with E-state index in [2.05, 4.69) is 11.8 Å². The van der Waals surface area contributed by atoms with E-state index in [-0.39, 0.29) is 17.8 Å². The van der Waals surface area contributed by atoms with Crippen LogP contribution in [0.2, 0.25) is 0 Å². The third-order valence-electron chi connectivity index (χ3n) is 2.39. The van der Waals surface area contributed by atoms with E-state index in [4.69, 9.17) is 4.74 Å². The average Bonchev–Trinajstić information content (AvgIpc) is 2.19. The van der Waals surface area contributed by atoms with Gasteiger partial charge in [-0.1, -0.05) is 5.92 Å². The van der Waals surface area contributed by atoms with Gasteiger partial charge in [-0.05, 0) is 27.7 Å². The molecule has 17 heavy (non-hydrogen) atoms. The first-order valence-electron chi connectivity index (χ1n) is 5.76. The smallest absolute Gasteiger partial charge is 0.410 e. The Morgan fingerprint density at radius 3 is 2.65 bits per heavy atom. The predicted molar refractivity (Wildman–Crippen MR) is 64.4 cm³/mol. The Bertz CT molecular complexity index is 370. The largest absolute Gasteiger partial charge is 0.444 e. The molecule has 1 aliphatic rings. The molecule has 1 rings (SSSR count). The Balaban J connectivity index is 2.64. The lowest BCUT2D eigenvalue weighted by molar-refractivity contribution is -0.123. The second kappa shape index (κ2) is 5.22. The Hall–Kier alpha value is -1.50. The first-order valence-corrected chi connectivity index (χ1v) is 5.76. The van der Waals surface area contributed by atoms with Crippen LogP contribution < -0.4 is 0 Å². The molecule has 0 radical (unpaired) electrons. The molecule has 1 fully saturated rings. The van der Waals surface area contributed by atoms with Crippen molar-refractivity contribution in [2.24, 2.45) is 5.92 Å². The van der Waals surface area contributed by atoms with Crippen LogP contribution in [0.25, 0.3) is 0 Å². The summed E-state index contributed by atoms with van der Waals surface area (Å²) in [6, 6.07) is 0. The van der Waals surface area contributed by atoms with Crippen LogP contribution in [0.5, 0.6) is 0 Å². The van der Waals surface area contributed by atoms with E-state index >= 15 is 0 Å². The first-order chi connectivity index (χ1) is 7.83. The number of ether oxygens (including phenoxy) is 1. The normalized spacial score (nSPS) is 20.6. The number of hydrogen-bond acceptors (Lipinski definition) is 3. The van der Waals surface area contributed by atoms with Gasteiger partial charge in [0.05, 0.1) is 5.92 Å². The monoisotopic (exact) mass is 237 g/mol. The predicted octanol–water partition coefficient (Wildman–Crippen LogP) is 1.84. The second-order valence-corrected chi connectivity index (χ2v) is 5.09. The Labute approximate surface area is 102 Å². The molecule has 0 spiro atoms. The van der Waals surface area contributed by atoms with E-state index in [1.165, 1.54) is 0 Å². The fraction of sp³-hybridized carbons (Fsp3) is 0.692. The molecule has 1 atom stereocenters. The summed E-state index contributed by atoms with van der Waals surface area (Å²) in [7, 11) is 0. The highest BCUT2D eigenvalue weighted by Crippen LogP contribution is 2.16. The Kier molecular flexibility index (Phi) is 4.17. The molecule has 1 heterocycles. The fourth-order valence-corrected chi connectivity index (χ4v) is 1.63. The fourth-order valence-electron chi connectivity index (χ4n) is 1.63. The van der Waals surface area contributed by atoms with Gasteiger partial charge in [0.15, 0.2) is 5.78 Å². The van der Waals surface area contributed by atoms with Gasteiger partial charge in [-0.2, -0.15) is 0 Å². The van der Waals surface area contributed by atoms with Crippen molar-refractivity contribution in [1.82, 2.24) is 4.90 Å². The maximum absolute atomic E-state index is 11.8. The molecule has 0 bridgehead atoms. The lowest BCUT2D eigenvalue weighted by atomic mass is 9.97. The van der Waals surface area contributed by atoms with Gasteiger partial charge < -0.3 is 9.64 Å². The summed E-state index contributed by atoms with van der Waals surface area (Å²) >= 11 is 0. The van der Waals surface area contributed by atoms with E-state index in [1.54, 1.807) is 11.8 Å². The van der Waals surface area contributed by atoms with Crippen molar-refractivity contribution in [3.63, 3.8) is 0 Å². The quantitative estimate of drug-likeness (QED) is 0.604. The zero-order valence-corrected chi connectivity index (χ0v) is 10.9. The van der Waals surface area contributed by atoms with Crippen molar-refractivity contribution in [3.8, 4) is 11.8 Å². The summed E-state index contributed by atoms with van der Waals surface area (Å²) in [5.41, 5.74) is -0.509. The lowest BCUT2D eigenvalue weighted by Crippen LogP contribution is -2.45. The Morgan fingerprint density at radius 2 is 2.12 bits per heavy atom. The van der Waals surface area contributed by atoms with Crippen molar-refractivity contribution in [3.05, 3.63) is 0 Å². The summed E-state index contributed by atoms with van der Waals surface area (Å²) in [5.74, 6) is 5.31. The zero-order valence-electron chi connectivity index (χ0n) is 10.9. The third-order valence-corrected chi connectivity index (χ3v) is 2.39. The second-order valence-electron chi connectivity index (χ2n) is 5.09. The van der Waals surface area contributed by atoms with Crippen LogP contribution in [0.15, 0.2) is 0 Å². The summed E-state index contributed by atoms with van der Waals surface area (Å²) in [6.07, 6.45) is -0.00797. The van der Waals surface area contributed by atoms with Crippen LogP contribution in [0.4, 0.5) is 4.79 Å². The molecular formula is C13H19NO3. The van der Waals surface area contributed by atoms with Gasteiger partial charge in [0.25, 0.3) is 0 Å². The van der Waals surface area contributed by atoms with Gasteiger partial charge in [-0.25, -0.2) is 4.79 Å². The van der Waals surface area contributed by atoms with Gasteiger partial charge in [0.1, 0.15) is 5.60 Å². The molecule has 0 aromatic rings. The standard InChI is InChI=1S/C13H19NO3/c1-5-6-10-9-14(8-7-11(10)15)12(16)17-13(2,3)4/h10H,7-9H2,1-4H3. The van der Waals surface area contributed by atoms with Gasteiger partial charge in [-0.15, -0.1) is 5.92 Å². The third kappa shape index (κ3) is 4.10. The molecular weight excluding hydrogens is 218 g/mol. The number of hydrogen-bond donors (Lipinski definition) is 0. The first kappa shape index (κ1) is 13.6. The number of Topliss-reactive ketones (excluding diaryl/α,β-unsaturated/α-hetero) is 1. The minimum absolute atomic E-state index is 0.110. The molecule has 0 N–H and O–H groups in total. The molecule has 1 saturated heterocycles. The number of carbonyl (C=O) groups excluding carboxylic acids is 2. The summed E-state index contributed by atoms with van der Waals surface area (Å²) in [6.45, 7) is 7.93. The zero-order chi connectivity index (χ0) is 13.1. The summed E-state index contributed by atoms with van der Waals surface area (Å²) in [5, 5.41) is 0. The van der Waals surface area contributed by atoms with Crippen molar-refractivity contribution < 1.29 is 14.3 Å². The minimum Gasteiger partial charge on any atom is -0.444 e. The summed E-state index contributed by atoms with van der Waals surface area (Å²) in [4.78, 5) is 24.9. The van der Waals surface area contributed by atoms with E-state index in [1.807, 2.05) is 20.8 Å². The van der Waals surface area contributed by atoms with Gasteiger partial charge >= 0.3 is 6.09 Å². The number of nitrogens with zero attached hydrogens (tertiary/aromatic N) is 1. The maximum atomic E-state index is 11.8. The maximum Gasteiger partial charge on any atom is 0.410 e. The average molecular weight is 237 g/mol. The van der Waals surface area contributed by atoms with Gasteiger partial charge in [0.2, 0.25) is 0 Å². The molecule has 1 amide bonds. The van der Waals surface area contributed by atoms with Crippen molar-refractivity contribution in [2.45, 2.75) is 39.7 Å². The highest BCUT2D eigenvalue weighted by atomic mass is 16.6. The number of amides is 1. The number of likely N-dealkylation sites (tertiary alicyclic amines) is 1. The van der Waals surface area contributed by atoms with E-state index in [0.29, 0.717) is 19.5 Å². The molecule has 4 nitrogen and oxygen atoms in total. The molecule has 0 aromatic heterocycles. The molecule has 0 aliphatic carbocycles. The van der Waals surface area contributed by atoms with Crippen LogP contribution in [0.3, 0.4) is 0 Å². The number of carbonyl (C=O) groups is 2. The van der Waals surface area contributed by atoms with Gasteiger partial charge in [-0.3, -0.25) is 4.79 Å². The number of piperidine rings is 1. The highest BCUT2D eigenvalue weighted by molar-refractivity contribution is 5.86. The number of ketones is 1. The van der Waals surface area contributed by atoms with Crippen molar-refractivity contribution >= 4 is 11.9 Å². The van der Waals surface area contributed by atoms with E-state index in [0.717, 1.165) is 0 Å². The van der Waals surface area contributed by atoms with Crippen LogP contribution >= 0.6 is 0 Å². The molecule has 1 unspecified atom stereocenters. The van der Waals surface area contributed by atoms with Crippen LogP contribution in [-0.2, 0) is 9.53 Å². The lowest BCUT2D eigenvalue weighted by Gasteiger charge is -2.31. The molecule has 0 saturated carbocycles. The highest BCUT2D eigenvalue weighted by Gasteiger charge is 2.31. The Morgan fingerprint density at radius 1 is 1.47 bits per heavy atom. The molecule has 4 heteroatoms.